The van der Waals surface area contributed by atoms with Gasteiger partial charge >= 0.3 is 0 Å². The normalized spacial score (nSPS) is 11.6. The minimum absolute atomic E-state index is 0.257. The van der Waals surface area contributed by atoms with Crippen molar-refractivity contribution in [3.63, 3.8) is 0 Å². The van der Waals surface area contributed by atoms with E-state index in [-0.39, 0.29) is 4.90 Å². The summed E-state index contributed by atoms with van der Waals surface area (Å²) in [6, 6.07) is 10.7. The highest BCUT2D eigenvalue weighted by molar-refractivity contribution is 7.93. The van der Waals surface area contributed by atoms with Gasteiger partial charge in [-0.1, -0.05) is 17.3 Å². The van der Waals surface area contributed by atoms with Gasteiger partial charge in [-0.05, 0) is 44.5 Å². The summed E-state index contributed by atoms with van der Waals surface area (Å²) in [5.74, 6) is 0.576. The van der Waals surface area contributed by atoms with Crippen LogP contribution in [0.4, 0.5) is 5.69 Å². The van der Waals surface area contributed by atoms with E-state index in [9.17, 15) is 8.42 Å². The van der Waals surface area contributed by atoms with Crippen LogP contribution in [0, 0.1) is 20.8 Å². The monoisotopic (exact) mass is 348 g/mol. The number of nitrogens with zero attached hydrogens (tertiary/aromatic N) is 1. The summed E-state index contributed by atoms with van der Waals surface area (Å²) in [7, 11) is -3.64. The van der Waals surface area contributed by atoms with Gasteiger partial charge < -0.3 is 4.52 Å². The fourth-order valence-electron chi connectivity index (χ4n) is 2.25. The Morgan fingerprint density at radius 3 is 2.57 bits per heavy atom. The molecule has 1 aromatic carbocycles. The van der Waals surface area contributed by atoms with E-state index < -0.39 is 10.0 Å². The molecule has 1 N–H and O–H groups in total. The molecule has 3 rings (SSSR count). The molecule has 0 spiro atoms. The van der Waals surface area contributed by atoms with Crippen LogP contribution in [0.2, 0.25) is 0 Å². The molecule has 0 aliphatic rings. The van der Waals surface area contributed by atoms with Crippen molar-refractivity contribution < 1.29 is 12.9 Å². The number of rotatable bonds is 4. The van der Waals surface area contributed by atoms with Crippen molar-refractivity contribution in [2.75, 3.05) is 4.72 Å². The first kappa shape index (κ1) is 15.8. The number of thiophene rings is 1. The molecule has 7 heteroatoms. The van der Waals surface area contributed by atoms with Gasteiger partial charge in [-0.25, -0.2) is 8.42 Å². The summed E-state index contributed by atoms with van der Waals surface area (Å²) in [4.78, 5) is 1.70. The molecule has 0 bridgehead atoms. The van der Waals surface area contributed by atoms with Crippen LogP contribution in [0.5, 0.6) is 0 Å². The molecular weight excluding hydrogens is 332 g/mol. The lowest BCUT2D eigenvalue weighted by atomic mass is 10.2. The summed E-state index contributed by atoms with van der Waals surface area (Å²) >= 11 is 1.37. The van der Waals surface area contributed by atoms with Crippen LogP contribution in [-0.4, -0.2) is 13.6 Å². The Labute approximate surface area is 139 Å². The smallest absolute Gasteiger partial charge is 0.263 e. The average Bonchev–Trinajstić information content (AvgIpc) is 3.04. The van der Waals surface area contributed by atoms with Gasteiger partial charge in [0.15, 0.2) is 5.76 Å². The number of hydrogen-bond acceptors (Lipinski definition) is 5. The van der Waals surface area contributed by atoms with Crippen LogP contribution in [-0.2, 0) is 10.0 Å². The second-order valence-electron chi connectivity index (χ2n) is 5.34. The van der Waals surface area contributed by atoms with E-state index in [1.54, 1.807) is 31.2 Å². The molecule has 0 aliphatic heterocycles. The third kappa shape index (κ3) is 3.30. The lowest BCUT2D eigenvalue weighted by Crippen LogP contribution is -2.13. The predicted octanol–water partition coefficient (Wildman–Crippen LogP) is 4.13. The number of benzene rings is 1. The van der Waals surface area contributed by atoms with Crippen molar-refractivity contribution in [1.82, 2.24) is 5.16 Å². The summed E-state index contributed by atoms with van der Waals surface area (Å²) < 4.78 is 33.1. The van der Waals surface area contributed by atoms with Crippen LogP contribution >= 0.6 is 11.3 Å². The molecule has 0 radical (unpaired) electrons. The Kier molecular flexibility index (Phi) is 3.99. The molecule has 0 saturated carbocycles. The maximum absolute atomic E-state index is 12.6. The first-order chi connectivity index (χ1) is 10.8. The molecular formula is C16H16N2O3S2. The van der Waals surface area contributed by atoms with E-state index in [4.69, 9.17) is 4.52 Å². The van der Waals surface area contributed by atoms with E-state index in [1.165, 1.54) is 11.3 Å². The van der Waals surface area contributed by atoms with E-state index in [0.29, 0.717) is 16.3 Å². The number of sulfonamides is 1. The van der Waals surface area contributed by atoms with Gasteiger partial charge in [0.1, 0.15) is 4.90 Å². The van der Waals surface area contributed by atoms with Crippen molar-refractivity contribution in [3.8, 4) is 10.6 Å². The van der Waals surface area contributed by atoms with Crippen molar-refractivity contribution in [2.24, 2.45) is 0 Å². The Morgan fingerprint density at radius 2 is 1.91 bits per heavy atom. The first-order valence-electron chi connectivity index (χ1n) is 6.99. The Bertz CT molecular complexity index is 955. The molecule has 0 saturated heterocycles. The van der Waals surface area contributed by atoms with Crippen molar-refractivity contribution in [3.05, 3.63) is 52.5 Å². The van der Waals surface area contributed by atoms with Gasteiger partial charge in [0.2, 0.25) is 0 Å². The van der Waals surface area contributed by atoms with Crippen molar-refractivity contribution in [2.45, 2.75) is 25.7 Å². The molecule has 0 atom stereocenters. The van der Waals surface area contributed by atoms with Gasteiger partial charge in [-0.3, -0.25) is 4.72 Å². The molecule has 5 nitrogen and oxygen atoms in total. The fourth-order valence-corrected chi connectivity index (χ4v) is 4.84. The highest BCUT2D eigenvalue weighted by atomic mass is 32.2. The minimum Gasteiger partial charge on any atom is -0.355 e. The van der Waals surface area contributed by atoms with Crippen molar-refractivity contribution >= 4 is 27.0 Å². The predicted molar refractivity (Wildman–Crippen MR) is 91.3 cm³/mol. The molecule has 120 valence electrons. The van der Waals surface area contributed by atoms with E-state index >= 15 is 0 Å². The average molecular weight is 348 g/mol. The lowest BCUT2D eigenvalue weighted by Gasteiger charge is -2.08. The van der Waals surface area contributed by atoms with Crippen LogP contribution in [0.25, 0.3) is 10.6 Å². The van der Waals surface area contributed by atoms with E-state index in [2.05, 4.69) is 9.88 Å². The molecule has 0 unspecified atom stereocenters. The molecule has 3 aromatic rings. The van der Waals surface area contributed by atoms with Gasteiger partial charge in [-0.15, -0.1) is 11.3 Å². The van der Waals surface area contributed by atoms with Gasteiger partial charge in [0.25, 0.3) is 10.0 Å². The maximum Gasteiger partial charge on any atom is 0.263 e. The minimum atomic E-state index is -3.64. The zero-order valence-electron chi connectivity index (χ0n) is 13.0. The Balaban J connectivity index is 1.95. The zero-order chi connectivity index (χ0) is 16.6. The topological polar surface area (TPSA) is 72.2 Å². The van der Waals surface area contributed by atoms with Gasteiger partial charge in [0.05, 0.1) is 10.6 Å². The first-order valence-corrected chi connectivity index (χ1v) is 9.29. The Hall–Kier alpha value is -2.12. The second kappa shape index (κ2) is 5.82. The molecule has 23 heavy (non-hydrogen) atoms. The van der Waals surface area contributed by atoms with Gasteiger partial charge in [-0.2, -0.15) is 0 Å². The summed E-state index contributed by atoms with van der Waals surface area (Å²) in [5.41, 5.74) is 2.30. The molecule has 2 aromatic heterocycles. The summed E-state index contributed by atoms with van der Waals surface area (Å²) in [6.07, 6.45) is 0. The molecule has 0 amide bonds. The third-order valence-electron chi connectivity index (χ3n) is 3.30. The third-order valence-corrected chi connectivity index (χ3v) is 6.00. The fraction of sp³-hybridized carbons (Fsp3) is 0.188. The quantitative estimate of drug-likeness (QED) is 0.769. The number of nitrogens with one attached hydrogen (secondary N) is 1. The lowest BCUT2D eigenvalue weighted by molar-refractivity contribution is 0.428. The summed E-state index contributed by atoms with van der Waals surface area (Å²) in [5, 5.41) is 3.84. The molecule has 0 fully saturated rings. The highest BCUT2D eigenvalue weighted by Crippen LogP contribution is 2.34. The maximum atomic E-state index is 12.6. The summed E-state index contributed by atoms with van der Waals surface area (Å²) in [6.45, 7) is 5.52. The number of hydrogen-bond donors (Lipinski definition) is 1. The van der Waals surface area contributed by atoms with Crippen LogP contribution < -0.4 is 4.72 Å². The van der Waals surface area contributed by atoms with Gasteiger partial charge in [0, 0.05) is 16.6 Å². The van der Waals surface area contributed by atoms with Crippen LogP contribution in [0.3, 0.4) is 0 Å². The number of aromatic nitrogens is 1. The SMILES string of the molecule is Cc1cccc(NS(=O)(=O)c2cc(-c3cc(C)no3)sc2C)c1. The molecule has 0 aliphatic carbocycles. The molecule has 2 heterocycles. The largest absolute Gasteiger partial charge is 0.355 e. The second-order valence-corrected chi connectivity index (χ2v) is 8.25. The van der Waals surface area contributed by atoms with E-state index in [1.807, 2.05) is 26.0 Å². The zero-order valence-corrected chi connectivity index (χ0v) is 14.6. The van der Waals surface area contributed by atoms with Crippen LogP contribution in [0.15, 0.2) is 45.8 Å². The standard InChI is InChI=1S/C16H16N2O3S2/c1-10-5-4-6-13(7-10)18-23(19,20)16-9-15(22-12(16)3)14-8-11(2)17-21-14/h4-9,18H,1-3H3. The van der Waals surface area contributed by atoms with E-state index in [0.717, 1.165) is 16.1 Å². The Morgan fingerprint density at radius 1 is 1.13 bits per heavy atom. The number of anilines is 1. The van der Waals surface area contributed by atoms with Crippen LogP contribution in [0.1, 0.15) is 16.1 Å². The van der Waals surface area contributed by atoms with Crippen molar-refractivity contribution in [1.29, 1.82) is 0 Å². The highest BCUT2D eigenvalue weighted by Gasteiger charge is 2.22. The number of aryl methyl sites for hydroxylation is 3.